The Balaban J connectivity index is 0.00000112. The molecular weight excluding hydrogens is 321 g/mol. The molecule has 5 heteroatoms. The summed E-state index contributed by atoms with van der Waals surface area (Å²) in [6, 6.07) is 0. The third-order valence-corrected chi connectivity index (χ3v) is 4.00. The van der Waals surface area contributed by atoms with Crippen molar-refractivity contribution in [2.75, 3.05) is 38.2 Å². The smallest absolute Gasteiger partial charge is 0.193 e. The Morgan fingerprint density at radius 2 is 2.20 bits per heavy atom. The minimum atomic E-state index is 0. The van der Waals surface area contributed by atoms with E-state index in [0.717, 1.165) is 31.5 Å². The average Bonchev–Trinajstić information content (AvgIpc) is 2.63. The van der Waals surface area contributed by atoms with Crippen LogP contribution in [0.5, 0.6) is 0 Å². The zero-order chi connectivity index (χ0) is 9.80. The molecule has 0 amide bonds. The van der Waals surface area contributed by atoms with Crippen molar-refractivity contribution in [2.24, 2.45) is 10.9 Å². The Kier molecular flexibility index (Phi) is 6.11. The summed E-state index contributed by atoms with van der Waals surface area (Å²) in [4.78, 5) is 6.63. The van der Waals surface area contributed by atoms with Gasteiger partial charge in [-0.3, -0.25) is 4.99 Å². The zero-order valence-electron chi connectivity index (χ0n) is 9.24. The molecular formula is C10H20IN3S. The van der Waals surface area contributed by atoms with Gasteiger partial charge in [-0.25, -0.2) is 0 Å². The van der Waals surface area contributed by atoms with Crippen LogP contribution in [0, 0.1) is 5.92 Å². The van der Waals surface area contributed by atoms with Crippen molar-refractivity contribution in [3.63, 3.8) is 0 Å². The molecule has 0 atom stereocenters. The monoisotopic (exact) mass is 341 g/mol. The Morgan fingerprint density at radius 3 is 2.80 bits per heavy atom. The summed E-state index contributed by atoms with van der Waals surface area (Å²) in [5.74, 6) is 4.65. The molecule has 0 spiro atoms. The van der Waals surface area contributed by atoms with E-state index in [2.05, 4.69) is 34.0 Å². The highest BCUT2D eigenvalue weighted by atomic mass is 127. The molecule has 0 aliphatic carbocycles. The van der Waals surface area contributed by atoms with Crippen LogP contribution in [-0.4, -0.2) is 49.0 Å². The van der Waals surface area contributed by atoms with Gasteiger partial charge in [0.2, 0.25) is 0 Å². The van der Waals surface area contributed by atoms with E-state index in [-0.39, 0.29) is 24.0 Å². The molecule has 1 saturated heterocycles. The van der Waals surface area contributed by atoms with E-state index in [1.807, 2.05) is 0 Å². The summed E-state index contributed by atoms with van der Waals surface area (Å²) in [6.45, 7) is 3.14. The third-order valence-electron chi connectivity index (χ3n) is 2.95. The fourth-order valence-electron chi connectivity index (χ4n) is 1.91. The van der Waals surface area contributed by atoms with Gasteiger partial charge in [0.25, 0.3) is 0 Å². The van der Waals surface area contributed by atoms with Gasteiger partial charge in [0.15, 0.2) is 5.96 Å². The first kappa shape index (κ1) is 13.4. The molecule has 2 rings (SSSR count). The van der Waals surface area contributed by atoms with E-state index in [1.165, 1.54) is 24.3 Å². The van der Waals surface area contributed by atoms with Crippen molar-refractivity contribution in [3.05, 3.63) is 0 Å². The number of rotatable bonds is 2. The molecule has 0 unspecified atom stereocenters. The molecule has 1 fully saturated rings. The lowest BCUT2D eigenvalue weighted by Crippen LogP contribution is -2.38. The predicted molar refractivity (Wildman–Crippen MR) is 78.4 cm³/mol. The molecule has 2 heterocycles. The van der Waals surface area contributed by atoms with Crippen LogP contribution in [0.25, 0.3) is 0 Å². The van der Waals surface area contributed by atoms with E-state index in [0.29, 0.717) is 0 Å². The number of thioether (sulfide) groups is 1. The van der Waals surface area contributed by atoms with Gasteiger partial charge in [0, 0.05) is 20.1 Å². The van der Waals surface area contributed by atoms with Gasteiger partial charge in [-0.15, -0.1) is 24.0 Å². The van der Waals surface area contributed by atoms with E-state index < -0.39 is 0 Å². The fourth-order valence-corrected chi connectivity index (χ4v) is 3.11. The van der Waals surface area contributed by atoms with Gasteiger partial charge in [0.05, 0.1) is 6.54 Å². The second-order valence-corrected chi connectivity index (χ2v) is 5.29. The Bertz CT molecular complexity index is 217. The van der Waals surface area contributed by atoms with E-state index in [9.17, 15) is 0 Å². The van der Waals surface area contributed by atoms with Crippen LogP contribution in [0.2, 0.25) is 0 Å². The van der Waals surface area contributed by atoms with Crippen molar-refractivity contribution >= 4 is 41.7 Å². The lowest BCUT2D eigenvalue weighted by molar-refractivity contribution is 0.462. The van der Waals surface area contributed by atoms with Gasteiger partial charge in [-0.2, -0.15) is 11.8 Å². The summed E-state index contributed by atoms with van der Waals surface area (Å²) >= 11 is 2.09. The number of aliphatic imine (C=N–C) groups is 1. The number of halogens is 1. The number of nitrogens with zero attached hydrogens (tertiary/aromatic N) is 2. The van der Waals surface area contributed by atoms with E-state index in [1.54, 1.807) is 0 Å². The molecule has 1 N–H and O–H groups in total. The molecule has 0 bridgehead atoms. The minimum Gasteiger partial charge on any atom is -0.356 e. The molecule has 0 radical (unpaired) electrons. The summed E-state index contributed by atoms with van der Waals surface area (Å²) in [6.07, 6.45) is 2.74. The summed E-state index contributed by atoms with van der Waals surface area (Å²) in [5.41, 5.74) is 0. The maximum Gasteiger partial charge on any atom is 0.193 e. The first-order chi connectivity index (χ1) is 6.86. The van der Waals surface area contributed by atoms with Gasteiger partial charge in [-0.1, -0.05) is 0 Å². The van der Waals surface area contributed by atoms with Crippen LogP contribution in [0.4, 0.5) is 0 Å². The first-order valence-corrected chi connectivity index (χ1v) is 6.59. The van der Waals surface area contributed by atoms with Gasteiger partial charge in [0.1, 0.15) is 0 Å². The number of guanidine groups is 1. The molecule has 0 aromatic rings. The second kappa shape index (κ2) is 6.83. The highest BCUT2D eigenvalue weighted by Crippen LogP contribution is 2.21. The number of hydrogen-bond donors (Lipinski definition) is 1. The maximum absolute atomic E-state index is 4.43. The number of likely N-dealkylation sites (N-methyl/N-ethyl adjacent to an activating group) is 1. The van der Waals surface area contributed by atoms with Crippen LogP contribution in [0.1, 0.15) is 12.8 Å². The van der Waals surface area contributed by atoms with Crippen LogP contribution in [0.3, 0.4) is 0 Å². The zero-order valence-corrected chi connectivity index (χ0v) is 12.4. The predicted octanol–water partition coefficient (Wildman–Crippen LogP) is 1.64. The molecule has 2 aliphatic heterocycles. The van der Waals surface area contributed by atoms with Crippen molar-refractivity contribution in [1.82, 2.24) is 10.2 Å². The number of nitrogens with one attached hydrogen (secondary N) is 1. The summed E-state index contributed by atoms with van der Waals surface area (Å²) < 4.78 is 0. The van der Waals surface area contributed by atoms with E-state index >= 15 is 0 Å². The van der Waals surface area contributed by atoms with Crippen molar-refractivity contribution in [3.8, 4) is 0 Å². The van der Waals surface area contributed by atoms with Crippen LogP contribution in [-0.2, 0) is 0 Å². The second-order valence-electron chi connectivity index (χ2n) is 4.06. The average molecular weight is 341 g/mol. The minimum absolute atomic E-state index is 0. The lowest BCUT2D eigenvalue weighted by Gasteiger charge is -2.23. The Hall–Kier alpha value is 0.350. The normalized spacial score (nSPS) is 22.2. The highest BCUT2D eigenvalue weighted by Gasteiger charge is 2.16. The molecule has 88 valence electrons. The quantitative estimate of drug-likeness (QED) is 0.774. The van der Waals surface area contributed by atoms with Crippen LogP contribution in [0.15, 0.2) is 4.99 Å². The SMILES string of the molecule is CN1CCN=C1NCC1CCSCC1.I. The van der Waals surface area contributed by atoms with Crippen molar-refractivity contribution < 1.29 is 0 Å². The van der Waals surface area contributed by atoms with Crippen LogP contribution >= 0.6 is 35.7 Å². The molecule has 15 heavy (non-hydrogen) atoms. The molecule has 3 nitrogen and oxygen atoms in total. The number of hydrogen-bond acceptors (Lipinski definition) is 4. The Morgan fingerprint density at radius 1 is 1.47 bits per heavy atom. The highest BCUT2D eigenvalue weighted by molar-refractivity contribution is 14.0. The molecule has 2 aliphatic rings. The van der Waals surface area contributed by atoms with Gasteiger partial charge >= 0.3 is 0 Å². The van der Waals surface area contributed by atoms with Crippen molar-refractivity contribution in [2.45, 2.75) is 12.8 Å². The molecule has 0 aromatic heterocycles. The van der Waals surface area contributed by atoms with Crippen molar-refractivity contribution in [1.29, 1.82) is 0 Å². The molecule has 0 aromatic carbocycles. The standard InChI is InChI=1S/C10H19N3S.HI/c1-13-5-4-11-10(13)12-8-9-2-6-14-7-3-9;/h9H,2-8H2,1H3,(H,11,12);1H. The fraction of sp³-hybridized carbons (Fsp3) is 0.900. The largest absolute Gasteiger partial charge is 0.356 e. The Labute approximate surface area is 113 Å². The summed E-state index contributed by atoms with van der Waals surface area (Å²) in [5, 5.41) is 3.47. The van der Waals surface area contributed by atoms with E-state index in [4.69, 9.17) is 0 Å². The van der Waals surface area contributed by atoms with Crippen LogP contribution < -0.4 is 5.32 Å². The van der Waals surface area contributed by atoms with Gasteiger partial charge < -0.3 is 10.2 Å². The lowest BCUT2D eigenvalue weighted by atomic mass is 10.0. The van der Waals surface area contributed by atoms with Gasteiger partial charge in [-0.05, 0) is 30.3 Å². The maximum atomic E-state index is 4.43. The first-order valence-electron chi connectivity index (χ1n) is 5.43. The topological polar surface area (TPSA) is 27.6 Å². The molecule has 0 saturated carbocycles. The summed E-state index contributed by atoms with van der Waals surface area (Å²) in [7, 11) is 2.11. The third kappa shape index (κ3) is 4.01.